The van der Waals surface area contributed by atoms with Crippen molar-refractivity contribution in [3.63, 3.8) is 0 Å². The molecule has 0 unspecified atom stereocenters. The summed E-state index contributed by atoms with van der Waals surface area (Å²) in [6.45, 7) is 9.93. The largest absolute Gasteiger partial charge is 0.340 e. The van der Waals surface area contributed by atoms with Gasteiger partial charge in [-0.15, -0.1) is 0 Å². The molecular formula is C21H32N4O. The number of imidazole rings is 1. The summed E-state index contributed by atoms with van der Waals surface area (Å²) in [6, 6.07) is 8.53. The van der Waals surface area contributed by atoms with E-state index in [0.717, 1.165) is 56.8 Å². The van der Waals surface area contributed by atoms with E-state index in [9.17, 15) is 4.79 Å². The lowest BCUT2D eigenvalue weighted by Crippen LogP contribution is -2.47. The maximum Gasteiger partial charge on any atom is 0.227 e. The standard InChI is InChI=1S/C21H32N4O/c1-5-12-25(16(2)3)21(26)17-9-8-13-24(14-17)15-20-22-18-10-6-7-11-19(18)23(20)4/h6-7,10-11,16-17H,5,8-9,12-15H2,1-4H3/t17-/m0/s1. The van der Waals surface area contributed by atoms with Crippen molar-refractivity contribution in [3.8, 4) is 0 Å². The number of piperidine rings is 1. The van der Waals surface area contributed by atoms with E-state index in [1.807, 2.05) is 6.07 Å². The highest BCUT2D eigenvalue weighted by molar-refractivity contribution is 5.79. The second kappa shape index (κ2) is 8.21. The number of amides is 1. The summed E-state index contributed by atoms with van der Waals surface area (Å²) < 4.78 is 2.18. The second-order valence-corrected chi connectivity index (χ2v) is 7.78. The molecule has 5 heteroatoms. The first kappa shape index (κ1) is 18.9. The molecule has 0 radical (unpaired) electrons. The van der Waals surface area contributed by atoms with Crippen molar-refractivity contribution >= 4 is 16.9 Å². The highest BCUT2D eigenvalue weighted by atomic mass is 16.2. The lowest BCUT2D eigenvalue weighted by Gasteiger charge is -2.36. The third-order valence-corrected chi connectivity index (χ3v) is 5.47. The second-order valence-electron chi connectivity index (χ2n) is 7.78. The summed E-state index contributed by atoms with van der Waals surface area (Å²) in [4.78, 5) is 22.3. The summed E-state index contributed by atoms with van der Waals surface area (Å²) in [5.74, 6) is 1.53. The number of likely N-dealkylation sites (tertiary alicyclic amines) is 1. The van der Waals surface area contributed by atoms with Gasteiger partial charge in [0.15, 0.2) is 0 Å². The smallest absolute Gasteiger partial charge is 0.227 e. The molecule has 1 aromatic heterocycles. The fraction of sp³-hybridized carbons (Fsp3) is 0.619. The zero-order valence-corrected chi connectivity index (χ0v) is 16.6. The van der Waals surface area contributed by atoms with E-state index in [-0.39, 0.29) is 12.0 Å². The molecule has 1 fully saturated rings. The molecule has 26 heavy (non-hydrogen) atoms. The normalized spacial score (nSPS) is 18.6. The van der Waals surface area contributed by atoms with E-state index in [1.165, 1.54) is 5.52 Å². The zero-order chi connectivity index (χ0) is 18.7. The predicted octanol–water partition coefficient (Wildman–Crippen LogP) is 3.43. The molecule has 0 bridgehead atoms. The first-order chi connectivity index (χ1) is 12.5. The van der Waals surface area contributed by atoms with Crippen LogP contribution in [0.25, 0.3) is 11.0 Å². The van der Waals surface area contributed by atoms with Crippen LogP contribution in [0, 0.1) is 5.92 Å². The molecule has 1 aliphatic rings. The number of aryl methyl sites for hydroxylation is 1. The van der Waals surface area contributed by atoms with E-state index in [0.29, 0.717) is 5.91 Å². The molecule has 1 aliphatic heterocycles. The average molecular weight is 357 g/mol. The number of carbonyl (C=O) groups is 1. The van der Waals surface area contributed by atoms with Crippen LogP contribution in [0.4, 0.5) is 0 Å². The summed E-state index contributed by atoms with van der Waals surface area (Å²) in [7, 11) is 2.08. The maximum atomic E-state index is 13.0. The summed E-state index contributed by atoms with van der Waals surface area (Å²) in [6.07, 6.45) is 3.10. The Kier molecular flexibility index (Phi) is 5.97. The van der Waals surface area contributed by atoms with Gasteiger partial charge in [-0.2, -0.15) is 0 Å². The highest BCUT2D eigenvalue weighted by Gasteiger charge is 2.30. The van der Waals surface area contributed by atoms with Gasteiger partial charge in [0.2, 0.25) is 5.91 Å². The monoisotopic (exact) mass is 356 g/mol. The Bertz CT molecular complexity index is 752. The Labute approximate surface area is 157 Å². The van der Waals surface area contributed by atoms with Crippen LogP contribution in [0.5, 0.6) is 0 Å². The lowest BCUT2D eigenvalue weighted by atomic mass is 9.96. The first-order valence-corrected chi connectivity index (χ1v) is 9.94. The number of aromatic nitrogens is 2. The number of fused-ring (bicyclic) bond motifs is 1. The molecule has 0 aliphatic carbocycles. The lowest BCUT2D eigenvalue weighted by molar-refractivity contribution is -0.139. The third kappa shape index (κ3) is 3.93. The van der Waals surface area contributed by atoms with Crippen LogP contribution in [-0.2, 0) is 18.4 Å². The quantitative estimate of drug-likeness (QED) is 0.796. The van der Waals surface area contributed by atoms with Crippen LogP contribution in [0.1, 0.15) is 45.9 Å². The number of benzene rings is 1. The van der Waals surface area contributed by atoms with E-state index >= 15 is 0 Å². The molecule has 2 aromatic rings. The van der Waals surface area contributed by atoms with Crippen LogP contribution < -0.4 is 0 Å². The minimum absolute atomic E-state index is 0.118. The van der Waals surface area contributed by atoms with E-state index in [2.05, 4.69) is 60.4 Å². The van der Waals surface area contributed by atoms with Crippen molar-refractivity contribution in [1.29, 1.82) is 0 Å². The Hall–Kier alpha value is -1.88. The molecule has 142 valence electrons. The summed E-state index contributed by atoms with van der Waals surface area (Å²) >= 11 is 0. The topological polar surface area (TPSA) is 41.4 Å². The van der Waals surface area contributed by atoms with Gasteiger partial charge in [0, 0.05) is 26.2 Å². The minimum Gasteiger partial charge on any atom is -0.340 e. The van der Waals surface area contributed by atoms with Crippen molar-refractivity contribution in [2.24, 2.45) is 13.0 Å². The number of nitrogens with zero attached hydrogens (tertiary/aromatic N) is 4. The number of hydrogen-bond acceptors (Lipinski definition) is 3. The summed E-state index contributed by atoms with van der Waals surface area (Å²) in [5, 5.41) is 0. The van der Waals surface area contributed by atoms with Crippen molar-refractivity contribution < 1.29 is 4.79 Å². The van der Waals surface area contributed by atoms with Crippen LogP contribution >= 0.6 is 0 Å². The van der Waals surface area contributed by atoms with Gasteiger partial charge in [-0.05, 0) is 51.8 Å². The average Bonchev–Trinajstić information content (AvgIpc) is 2.95. The molecule has 0 saturated carbocycles. The Morgan fingerprint density at radius 2 is 2.12 bits per heavy atom. The van der Waals surface area contributed by atoms with Gasteiger partial charge in [-0.25, -0.2) is 4.98 Å². The Morgan fingerprint density at radius 1 is 1.35 bits per heavy atom. The summed E-state index contributed by atoms with van der Waals surface area (Å²) in [5.41, 5.74) is 2.21. The van der Waals surface area contributed by atoms with E-state index in [1.54, 1.807) is 0 Å². The van der Waals surface area contributed by atoms with Crippen LogP contribution in [0.3, 0.4) is 0 Å². The van der Waals surface area contributed by atoms with Crippen molar-refractivity contribution in [2.45, 2.75) is 52.6 Å². The van der Waals surface area contributed by atoms with Crippen molar-refractivity contribution in [3.05, 3.63) is 30.1 Å². The van der Waals surface area contributed by atoms with Gasteiger partial charge in [-0.3, -0.25) is 9.69 Å². The molecule has 1 atom stereocenters. The minimum atomic E-state index is 0.118. The number of para-hydroxylation sites is 2. The maximum absolute atomic E-state index is 13.0. The highest BCUT2D eigenvalue weighted by Crippen LogP contribution is 2.23. The Balaban J connectivity index is 1.70. The van der Waals surface area contributed by atoms with Crippen molar-refractivity contribution in [1.82, 2.24) is 19.4 Å². The fourth-order valence-electron chi connectivity index (χ4n) is 4.04. The molecule has 0 spiro atoms. The molecule has 3 rings (SSSR count). The van der Waals surface area contributed by atoms with Gasteiger partial charge in [0.05, 0.1) is 23.5 Å². The van der Waals surface area contributed by atoms with Gasteiger partial charge in [0.1, 0.15) is 5.82 Å². The Morgan fingerprint density at radius 3 is 2.81 bits per heavy atom. The van der Waals surface area contributed by atoms with Crippen LogP contribution in [0.15, 0.2) is 24.3 Å². The molecule has 0 N–H and O–H groups in total. The third-order valence-electron chi connectivity index (χ3n) is 5.47. The molecule has 1 aromatic carbocycles. The SMILES string of the molecule is CCCN(C(=O)[C@H]1CCCN(Cc2nc3ccccc3n2C)C1)C(C)C. The van der Waals surface area contributed by atoms with E-state index in [4.69, 9.17) is 4.98 Å². The molecule has 2 heterocycles. The molecular weight excluding hydrogens is 324 g/mol. The fourth-order valence-corrected chi connectivity index (χ4v) is 4.04. The first-order valence-electron chi connectivity index (χ1n) is 9.94. The van der Waals surface area contributed by atoms with Gasteiger partial charge < -0.3 is 9.47 Å². The van der Waals surface area contributed by atoms with Gasteiger partial charge >= 0.3 is 0 Å². The zero-order valence-electron chi connectivity index (χ0n) is 16.6. The van der Waals surface area contributed by atoms with Gasteiger partial charge in [-0.1, -0.05) is 19.1 Å². The number of rotatable bonds is 6. The van der Waals surface area contributed by atoms with Crippen LogP contribution in [0.2, 0.25) is 0 Å². The van der Waals surface area contributed by atoms with E-state index < -0.39 is 0 Å². The van der Waals surface area contributed by atoms with Gasteiger partial charge in [0.25, 0.3) is 0 Å². The number of carbonyl (C=O) groups excluding carboxylic acids is 1. The molecule has 1 amide bonds. The predicted molar refractivity (Wildman–Crippen MR) is 106 cm³/mol. The van der Waals surface area contributed by atoms with Crippen molar-refractivity contribution in [2.75, 3.05) is 19.6 Å². The molecule has 5 nitrogen and oxygen atoms in total. The molecule has 1 saturated heterocycles. The number of hydrogen-bond donors (Lipinski definition) is 0. The van der Waals surface area contributed by atoms with Crippen LogP contribution in [-0.4, -0.2) is 50.9 Å².